The molecule has 0 spiro atoms. The molecule has 0 aliphatic heterocycles. The zero-order chi connectivity index (χ0) is 14.7. The van der Waals surface area contributed by atoms with Crippen LogP contribution in [-0.4, -0.2) is 4.92 Å². The smallest absolute Gasteiger partial charge is 0.288 e. The van der Waals surface area contributed by atoms with E-state index >= 15 is 0 Å². The van der Waals surface area contributed by atoms with Crippen molar-refractivity contribution in [1.29, 1.82) is 0 Å². The van der Waals surface area contributed by atoms with Gasteiger partial charge in [-0.15, -0.1) is 0 Å². The fourth-order valence-electron chi connectivity index (χ4n) is 1.55. The standard InChI is InChI=1S/C13H8BrClFNO3/c14-13-8(2-1-3-11(13)16)7-20-9-4-5-12(17(18)19)10(15)6-9/h1-6H,7H2. The molecule has 0 aliphatic rings. The Bertz CT molecular complexity index is 666. The number of nitrogens with zero attached hydrogens (tertiary/aromatic N) is 1. The molecule has 20 heavy (non-hydrogen) atoms. The van der Waals surface area contributed by atoms with Gasteiger partial charge in [0.25, 0.3) is 5.69 Å². The van der Waals surface area contributed by atoms with Gasteiger partial charge in [0.2, 0.25) is 0 Å². The maximum absolute atomic E-state index is 13.3. The number of hydrogen-bond donors (Lipinski definition) is 0. The molecule has 0 amide bonds. The highest BCUT2D eigenvalue weighted by Crippen LogP contribution is 2.29. The molecule has 2 aromatic rings. The normalized spacial score (nSPS) is 10.3. The second-order valence-corrected chi connectivity index (χ2v) is 5.07. The summed E-state index contributed by atoms with van der Waals surface area (Å²) in [5.74, 6) is -0.00964. The minimum absolute atomic E-state index is 0.00851. The van der Waals surface area contributed by atoms with Crippen molar-refractivity contribution in [1.82, 2.24) is 0 Å². The molecule has 2 aromatic carbocycles. The third kappa shape index (κ3) is 3.26. The molecule has 0 atom stereocenters. The Hall–Kier alpha value is -1.66. The Morgan fingerprint density at radius 1 is 1.35 bits per heavy atom. The van der Waals surface area contributed by atoms with E-state index in [2.05, 4.69) is 15.9 Å². The van der Waals surface area contributed by atoms with E-state index in [1.165, 1.54) is 24.3 Å². The van der Waals surface area contributed by atoms with E-state index in [0.717, 1.165) is 0 Å². The molecule has 2 rings (SSSR count). The molecule has 0 aromatic heterocycles. The van der Waals surface area contributed by atoms with Crippen LogP contribution in [0.5, 0.6) is 5.75 Å². The van der Waals surface area contributed by atoms with Gasteiger partial charge in [-0.2, -0.15) is 0 Å². The number of ether oxygens (including phenoxy) is 1. The average Bonchev–Trinajstić information content (AvgIpc) is 2.40. The molecule has 0 saturated heterocycles. The van der Waals surface area contributed by atoms with E-state index < -0.39 is 4.92 Å². The molecule has 0 bridgehead atoms. The minimum Gasteiger partial charge on any atom is -0.489 e. The second kappa shape index (κ2) is 6.19. The first kappa shape index (κ1) is 14.7. The van der Waals surface area contributed by atoms with Gasteiger partial charge in [-0.1, -0.05) is 23.7 Å². The lowest BCUT2D eigenvalue weighted by Gasteiger charge is -2.08. The predicted molar refractivity (Wildman–Crippen MR) is 76.5 cm³/mol. The number of nitro benzene ring substituents is 1. The van der Waals surface area contributed by atoms with E-state index in [-0.39, 0.29) is 23.1 Å². The highest BCUT2D eigenvalue weighted by molar-refractivity contribution is 9.10. The van der Waals surface area contributed by atoms with Gasteiger partial charge in [0, 0.05) is 17.7 Å². The van der Waals surface area contributed by atoms with Crippen LogP contribution in [0.4, 0.5) is 10.1 Å². The minimum atomic E-state index is -0.574. The average molecular weight is 361 g/mol. The lowest BCUT2D eigenvalue weighted by atomic mass is 10.2. The van der Waals surface area contributed by atoms with Gasteiger partial charge in [-0.3, -0.25) is 10.1 Å². The van der Waals surface area contributed by atoms with Crippen LogP contribution in [0.1, 0.15) is 5.56 Å². The number of hydrogen-bond acceptors (Lipinski definition) is 3. The summed E-state index contributed by atoms with van der Waals surface area (Å²) in [5.41, 5.74) is 0.436. The van der Waals surface area contributed by atoms with Crippen LogP contribution in [0.2, 0.25) is 5.02 Å². The SMILES string of the molecule is O=[N+]([O-])c1ccc(OCc2cccc(F)c2Br)cc1Cl. The van der Waals surface area contributed by atoms with E-state index in [4.69, 9.17) is 16.3 Å². The molecule has 0 heterocycles. The summed E-state index contributed by atoms with van der Waals surface area (Å²) in [7, 11) is 0. The summed E-state index contributed by atoms with van der Waals surface area (Å²) >= 11 is 8.90. The first-order chi connectivity index (χ1) is 9.49. The van der Waals surface area contributed by atoms with Crippen LogP contribution in [0, 0.1) is 15.9 Å². The summed E-state index contributed by atoms with van der Waals surface area (Å²) in [6.07, 6.45) is 0. The van der Waals surface area contributed by atoms with Crippen LogP contribution in [0.3, 0.4) is 0 Å². The van der Waals surface area contributed by atoms with Gasteiger partial charge in [0.05, 0.1) is 9.40 Å². The maximum Gasteiger partial charge on any atom is 0.288 e. The number of rotatable bonds is 4. The predicted octanol–water partition coefficient (Wildman–Crippen LogP) is 4.73. The molecule has 104 valence electrons. The van der Waals surface area contributed by atoms with Gasteiger partial charge in [0.1, 0.15) is 23.2 Å². The van der Waals surface area contributed by atoms with Gasteiger partial charge in [0.15, 0.2) is 0 Å². The van der Waals surface area contributed by atoms with E-state index in [1.54, 1.807) is 12.1 Å². The van der Waals surface area contributed by atoms with Gasteiger partial charge >= 0.3 is 0 Å². The van der Waals surface area contributed by atoms with E-state index in [1.807, 2.05) is 0 Å². The van der Waals surface area contributed by atoms with E-state index in [0.29, 0.717) is 15.8 Å². The molecule has 0 radical (unpaired) electrons. The highest BCUT2D eigenvalue weighted by atomic mass is 79.9. The molecule has 7 heteroatoms. The van der Waals surface area contributed by atoms with Gasteiger partial charge < -0.3 is 4.74 Å². The molecule has 4 nitrogen and oxygen atoms in total. The zero-order valence-electron chi connectivity index (χ0n) is 9.98. The fraction of sp³-hybridized carbons (Fsp3) is 0.0769. The first-order valence-electron chi connectivity index (χ1n) is 5.48. The van der Waals surface area contributed by atoms with Crippen LogP contribution in [0.25, 0.3) is 0 Å². The fourth-order valence-corrected chi connectivity index (χ4v) is 2.16. The lowest BCUT2D eigenvalue weighted by molar-refractivity contribution is -0.384. The molecular formula is C13H8BrClFNO3. The quantitative estimate of drug-likeness (QED) is 0.585. The molecular weight excluding hydrogens is 353 g/mol. The number of benzene rings is 2. The van der Waals surface area contributed by atoms with Crippen molar-refractivity contribution < 1.29 is 14.1 Å². The molecule has 0 N–H and O–H groups in total. The van der Waals surface area contributed by atoms with Gasteiger partial charge in [-0.25, -0.2) is 4.39 Å². The summed E-state index contributed by atoms with van der Waals surface area (Å²) < 4.78 is 19.1. The Kier molecular flexibility index (Phi) is 4.57. The highest BCUT2D eigenvalue weighted by Gasteiger charge is 2.13. The van der Waals surface area contributed by atoms with Crippen LogP contribution < -0.4 is 4.74 Å². The molecule has 0 aliphatic carbocycles. The third-order valence-corrected chi connectivity index (χ3v) is 3.73. The van der Waals surface area contributed by atoms with Crippen LogP contribution in [-0.2, 0) is 6.61 Å². The summed E-state index contributed by atoms with van der Waals surface area (Å²) in [6.45, 7) is 0.118. The van der Waals surface area contributed by atoms with Gasteiger partial charge in [-0.05, 0) is 28.1 Å². The van der Waals surface area contributed by atoms with E-state index in [9.17, 15) is 14.5 Å². The van der Waals surface area contributed by atoms with Crippen molar-refractivity contribution in [3.63, 3.8) is 0 Å². The van der Waals surface area contributed by atoms with Crippen LogP contribution >= 0.6 is 27.5 Å². The molecule has 0 fully saturated rings. The maximum atomic E-state index is 13.3. The summed E-state index contributed by atoms with van der Waals surface area (Å²) in [5, 5.41) is 10.6. The Balaban J connectivity index is 2.13. The summed E-state index contributed by atoms with van der Waals surface area (Å²) in [4.78, 5) is 10.1. The number of halogens is 3. The summed E-state index contributed by atoms with van der Waals surface area (Å²) in [6, 6.07) is 8.67. The van der Waals surface area contributed by atoms with Crippen molar-refractivity contribution >= 4 is 33.2 Å². The second-order valence-electron chi connectivity index (χ2n) is 3.87. The first-order valence-corrected chi connectivity index (χ1v) is 6.66. The van der Waals surface area contributed by atoms with Crippen molar-refractivity contribution in [3.8, 4) is 5.75 Å². The monoisotopic (exact) mass is 359 g/mol. The molecule has 0 saturated carbocycles. The van der Waals surface area contributed by atoms with Crippen LogP contribution in [0.15, 0.2) is 40.9 Å². The topological polar surface area (TPSA) is 52.4 Å². The Labute approximate surface area is 127 Å². The van der Waals surface area contributed by atoms with Crippen molar-refractivity contribution in [3.05, 3.63) is 67.4 Å². The zero-order valence-corrected chi connectivity index (χ0v) is 12.3. The number of nitro groups is 1. The third-order valence-electron chi connectivity index (χ3n) is 2.54. The molecule has 0 unspecified atom stereocenters. The van der Waals surface area contributed by atoms with Crippen molar-refractivity contribution in [2.45, 2.75) is 6.61 Å². The largest absolute Gasteiger partial charge is 0.489 e. The van der Waals surface area contributed by atoms with Crippen molar-refractivity contribution in [2.75, 3.05) is 0 Å². The lowest BCUT2D eigenvalue weighted by Crippen LogP contribution is -1.98. The van der Waals surface area contributed by atoms with Crippen molar-refractivity contribution in [2.24, 2.45) is 0 Å². The Morgan fingerprint density at radius 2 is 2.10 bits per heavy atom. The Morgan fingerprint density at radius 3 is 2.75 bits per heavy atom.